The molecule has 102 valence electrons. The van der Waals surface area contributed by atoms with Crippen LogP contribution < -0.4 is 15.8 Å². The molecule has 0 fully saturated rings. The number of nitrogens with two attached hydrogens (primary N) is 1. The standard InChI is InChI=1S/C12H14N2O3S2/c1-16-9-8(13)10(12(15)17-2)19-11(9)14-6-7-4-3-5-18-7/h3-5,14H,6,13H2,1-2H3. The number of methoxy groups -OCH3 is 2. The molecule has 0 bridgehead atoms. The smallest absolute Gasteiger partial charge is 0.350 e. The van der Waals surface area contributed by atoms with Gasteiger partial charge in [0.2, 0.25) is 0 Å². The third-order valence-electron chi connectivity index (χ3n) is 2.48. The van der Waals surface area contributed by atoms with E-state index in [9.17, 15) is 4.79 Å². The van der Waals surface area contributed by atoms with Crippen LogP contribution in [0, 0.1) is 0 Å². The highest BCUT2D eigenvalue weighted by Crippen LogP contribution is 2.42. The zero-order chi connectivity index (χ0) is 13.8. The summed E-state index contributed by atoms with van der Waals surface area (Å²) in [7, 11) is 2.85. The molecular formula is C12H14N2O3S2. The molecule has 0 atom stereocenters. The zero-order valence-corrected chi connectivity index (χ0v) is 12.2. The number of thiophene rings is 2. The molecule has 0 spiro atoms. The van der Waals surface area contributed by atoms with E-state index in [1.54, 1.807) is 11.3 Å². The number of esters is 1. The van der Waals surface area contributed by atoms with Crippen molar-refractivity contribution in [2.24, 2.45) is 0 Å². The Labute approximate surface area is 119 Å². The molecule has 0 aliphatic rings. The van der Waals surface area contributed by atoms with Crippen LogP contribution in [0.15, 0.2) is 17.5 Å². The second-order valence-electron chi connectivity index (χ2n) is 3.63. The van der Waals surface area contributed by atoms with Crippen molar-refractivity contribution in [2.75, 3.05) is 25.3 Å². The Hall–Kier alpha value is -1.73. The maximum absolute atomic E-state index is 11.6. The monoisotopic (exact) mass is 298 g/mol. The number of carbonyl (C=O) groups is 1. The van der Waals surface area contributed by atoms with Crippen LogP contribution in [0.25, 0.3) is 0 Å². The Morgan fingerprint density at radius 2 is 2.26 bits per heavy atom. The molecule has 5 nitrogen and oxygen atoms in total. The molecule has 0 aliphatic heterocycles. The molecule has 2 heterocycles. The van der Waals surface area contributed by atoms with Crippen molar-refractivity contribution in [2.45, 2.75) is 6.54 Å². The lowest BCUT2D eigenvalue weighted by molar-refractivity contribution is 0.0607. The second kappa shape index (κ2) is 5.94. The number of rotatable bonds is 5. The molecular weight excluding hydrogens is 284 g/mol. The van der Waals surface area contributed by atoms with Gasteiger partial charge in [-0.1, -0.05) is 6.07 Å². The van der Waals surface area contributed by atoms with E-state index in [-0.39, 0.29) is 0 Å². The normalized spacial score (nSPS) is 10.2. The lowest BCUT2D eigenvalue weighted by atomic mass is 10.3. The first-order valence-electron chi connectivity index (χ1n) is 5.48. The highest BCUT2D eigenvalue weighted by molar-refractivity contribution is 7.19. The van der Waals surface area contributed by atoms with E-state index in [4.69, 9.17) is 15.2 Å². The summed E-state index contributed by atoms with van der Waals surface area (Å²) in [6, 6.07) is 4.02. The minimum absolute atomic E-state index is 0.313. The van der Waals surface area contributed by atoms with E-state index >= 15 is 0 Å². The van der Waals surface area contributed by atoms with Gasteiger partial charge in [0.15, 0.2) is 5.75 Å². The number of anilines is 2. The maximum atomic E-state index is 11.6. The van der Waals surface area contributed by atoms with E-state index < -0.39 is 5.97 Å². The lowest BCUT2D eigenvalue weighted by Gasteiger charge is -2.05. The third kappa shape index (κ3) is 2.82. The van der Waals surface area contributed by atoms with E-state index in [0.29, 0.717) is 22.9 Å². The number of hydrogen-bond acceptors (Lipinski definition) is 7. The summed E-state index contributed by atoms with van der Waals surface area (Å²) in [5.74, 6) is 0.0342. The molecule has 0 amide bonds. The van der Waals surface area contributed by atoms with Crippen LogP contribution in [-0.2, 0) is 11.3 Å². The Kier molecular flexibility index (Phi) is 4.28. The average molecular weight is 298 g/mol. The van der Waals surface area contributed by atoms with Crippen LogP contribution in [0.1, 0.15) is 14.5 Å². The van der Waals surface area contributed by atoms with Crippen molar-refractivity contribution < 1.29 is 14.3 Å². The summed E-state index contributed by atoms with van der Waals surface area (Å²) in [4.78, 5) is 13.1. The van der Waals surface area contributed by atoms with Gasteiger partial charge in [0.05, 0.1) is 20.8 Å². The van der Waals surface area contributed by atoms with Crippen LogP contribution in [0.3, 0.4) is 0 Å². The predicted molar refractivity (Wildman–Crippen MR) is 78.3 cm³/mol. The Morgan fingerprint density at radius 1 is 1.47 bits per heavy atom. The van der Waals surface area contributed by atoms with Gasteiger partial charge in [-0.2, -0.15) is 0 Å². The Bertz CT molecular complexity index is 564. The first-order valence-corrected chi connectivity index (χ1v) is 7.17. The molecule has 19 heavy (non-hydrogen) atoms. The molecule has 0 radical (unpaired) electrons. The summed E-state index contributed by atoms with van der Waals surface area (Å²) < 4.78 is 9.93. The summed E-state index contributed by atoms with van der Waals surface area (Å²) in [6.45, 7) is 0.661. The van der Waals surface area contributed by atoms with Crippen molar-refractivity contribution in [3.63, 3.8) is 0 Å². The second-order valence-corrected chi connectivity index (χ2v) is 5.68. The molecule has 2 aromatic rings. The molecule has 2 rings (SSSR count). The van der Waals surface area contributed by atoms with Gasteiger partial charge in [-0.3, -0.25) is 0 Å². The van der Waals surface area contributed by atoms with Crippen LogP contribution in [-0.4, -0.2) is 20.2 Å². The zero-order valence-electron chi connectivity index (χ0n) is 10.6. The van der Waals surface area contributed by atoms with Gasteiger partial charge >= 0.3 is 5.97 Å². The van der Waals surface area contributed by atoms with Crippen LogP contribution in [0.5, 0.6) is 5.75 Å². The van der Waals surface area contributed by atoms with Gasteiger partial charge in [-0.25, -0.2) is 4.79 Å². The Balaban J connectivity index is 2.22. The molecule has 0 saturated heterocycles. The summed E-state index contributed by atoms with van der Waals surface area (Å²) in [6.07, 6.45) is 0. The van der Waals surface area contributed by atoms with E-state index in [1.807, 2.05) is 17.5 Å². The fourth-order valence-electron chi connectivity index (χ4n) is 1.57. The van der Waals surface area contributed by atoms with Gasteiger partial charge in [-0.05, 0) is 11.4 Å². The first kappa shape index (κ1) is 13.7. The fourth-order valence-corrected chi connectivity index (χ4v) is 3.22. The number of nitrogens with one attached hydrogen (secondary N) is 1. The highest BCUT2D eigenvalue weighted by atomic mass is 32.1. The number of carbonyl (C=O) groups excluding carboxylic acids is 1. The van der Waals surface area contributed by atoms with Gasteiger partial charge in [-0.15, -0.1) is 22.7 Å². The van der Waals surface area contributed by atoms with Gasteiger partial charge in [0.1, 0.15) is 15.6 Å². The SMILES string of the molecule is COC(=O)c1sc(NCc2cccs2)c(OC)c1N. The minimum atomic E-state index is -0.454. The third-order valence-corrected chi connectivity index (χ3v) is 4.48. The quantitative estimate of drug-likeness (QED) is 0.830. The Morgan fingerprint density at radius 3 is 2.84 bits per heavy atom. The predicted octanol–water partition coefficient (Wildman–Crippen LogP) is 2.80. The molecule has 7 heteroatoms. The first-order chi connectivity index (χ1) is 9.17. The van der Waals surface area contributed by atoms with Crippen LogP contribution >= 0.6 is 22.7 Å². The van der Waals surface area contributed by atoms with Crippen LogP contribution in [0.2, 0.25) is 0 Å². The highest BCUT2D eigenvalue weighted by Gasteiger charge is 2.22. The molecule has 3 N–H and O–H groups in total. The summed E-state index contributed by atoms with van der Waals surface area (Å²) in [5.41, 5.74) is 6.20. The largest absolute Gasteiger partial charge is 0.492 e. The number of hydrogen-bond donors (Lipinski definition) is 2. The molecule has 0 aromatic carbocycles. The topological polar surface area (TPSA) is 73.6 Å². The van der Waals surface area contributed by atoms with Gasteiger partial charge < -0.3 is 20.5 Å². The van der Waals surface area contributed by atoms with Crippen molar-refractivity contribution in [1.29, 1.82) is 0 Å². The lowest BCUT2D eigenvalue weighted by Crippen LogP contribution is -2.02. The van der Waals surface area contributed by atoms with Gasteiger partial charge in [0.25, 0.3) is 0 Å². The molecule has 0 unspecified atom stereocenters. The minimum Gasteiger partial charge on any atom is -0.492 e. The molecule has 0 aliphatic carbocycles. The number of nitrogen functional groups attached to an aromatic ring is 1. The maximum Gasteiger partial charge on any atom is 0.350 e. The van der Waals surface area contributed by atoms with Crippen LogP contribution in [0.4, 0.5) is 10.7 Å². The molecule has 0 saturated carbocycles. The van der Waals surface area contributed by atoms with Crippen molar-refractivity contribution in [3.05, 3.63) is 27.3 Å². The fraction of sp³-hybridized carbons (Fsp3) is 0.250. The van der Waals surface area contributed by atoms with E-state index in [1.165, 1.54) is 30.4 Å². The summed E-state index contributed by atoms with van der Waals surface area (Å²) in [5, 5.41) is 5.96. The van der Waals surface area contributed by atoms with Gasteiger partial charge in [0, 0.05) is 4.88 Å². The molecule has 2 aromatic heterocycles. The number of ether oxygens (including phenoxy) is 2. The van der Waals surface area contributed by atoms with E-state index in [0.717, 1.165) is 5.00 Å². The van der Waals surface area contributed by atoms with Crippen molar-refractivity contribution in [3.8, 4) is 5.75 Å². The van der Waals surface area contributed by atoms with E-state index in [2.05, 4.69) is 5.32 Å². The summed E-state index contributed by atoms with van der Waals surface area (Å²) >= 11 is 2.89. The van der Waals surface area contributed by atoms with Crippen molar-refractivity contribution in [1.82, 2.24) is 0 Å². The average Bonchev–Trinajstić information content (AvgIpc) is 3.03. The van der Waals surface area contributed by atoms with Crippen molar-refractivity contribution >= 4 is 39.3 Å².